The zero-order valence-corrected chi connectivity index (χ0v) is 16.5. The molecule has 0 amide bonds. The van der Waals surface area contributed by atoms with Gasteiger partial charge in [0.05, 0.1) is 0 Å². The van der Waals surface area contributed by atoms with Crippen LogP contribution in [0, 0.1) is 0 Å². The minimum absolute atomic E-state index is 0.328. The van der Waals surface area contributed by atoms with Crippen molar-refractivity contribution in [1.29, 1.82) is 0 Å². The molecule has 0 aliphatic heterocycles. The van der Waals surface area contributed by atoms with E-state index >= 15 is 0 Å². The van der Waals surface area contributed by atoms with E-state index in [0.717, 1.165) is 30.0 Å². The average Bonchev–Trinajstić information content (AvgIpc) is 2.63. The molecule has 0 N–H and O–H groups in total. The summed E-state index contributed by atoms with van der Waals surface area (Å²) in [5, 5.41) is 0. The van der Waals surface area contributed by atoms with E-state index < -0.39 is 8.32 Å². The fourth-order valence-electron chi connectivity index (χ4n) is 4.23. The standard InChI is InChI=1S/C19H31NO2Si/c1-13(2)23(14(3)4,15(5)6)22-19-11-10-16-12-17(21)8-7-9-18(16)20-19/h10-11,13-15H,7-9,12H2,1-6H3. The number of hydrogen-bond donors (Lipinski definition) is 0. The molecule has 4 heteroatoms. The molecule has 0 aromatic carbocycles. The third-order valence-corrected chi connectivity index (χ3v) is 11.3. The molecule has 1 aliphatic rings. The van der Waals surface area contributed by atoms with Crippen LogP contribution in [-0.2, 0) is 17.6 Å². The van der Waals surface area contributed by atoms with Gasteiger partial charge in [-0.25, -0.2) is 4.98 Å². The largest absolute Gasteiger partial charge is 0.530 e. The molecule has 0 bridgehead atoms. The van der Waals surface area contributed by atoms with Crippen LogP contribution in [-0.4, -0.2) is 19.1 Å². The van der Waals surface area contributed by atoms with Crippen molar-refractivity contribution in [1.82, 2.24) is 4.98 Å². The number of pyridine rings is 1. The van der Waals surface area contributed by atoms with Gasteiger partial charge in [-0.05, 0) is 41.1 Å². The van der Waals surface area contributed by atoms with Crippen molar-refractivity contribution < 1.29 is 9.22 Å². The minimum atomic E-state index is -1.97. The molecule has 2 rings (SSSR count). The van der Waals surface area contributed by atoms with Crippen LogP contribution < -0.4 is 4.43 Å². The predicted octanol–water partition coefficient (Wildman–Crippen LogP) is 5.08. The maximum absolute atomic E-state index is 11.8. The Morgan fingerprint density at radius 1 is 1.00 bits per heavy atom. The Balaban J connectivity index is 2.35. The highest BCUT2D eigenvalue weighted by atomic mass is 28.4. The maximum Gasteiger partial charge on any atom is 0.260 e. The quantitative estimate of drug-likeness (QED) is 0.557. The fourth-order valence-corrected chi connectivity index (χ4v) is 9.42. The average molecular weight is 334 g/mol. The van der Waals surface area contributed by atoms with E-state index in [-0.39, 0.29) is 0 Å². The molecule has 0 spiro atoms. The molecular weight excluding hydrogens is 302 g/mol. The highest BCUT2D eigenvalue weighted by Crippen LogP contribution is 2.42. The van der Waals surface area contributed by atoms with Gasteiger partial charge in [0, 0.05) is 18.5 Å². The molecule has 0 saturated carbocycles. The van der Waals surface area contributed by atoms with Crippen LogP contribution in [0.3, 0.4) is 0 Å². The van der Waals surface area contributed by atoms with Crippen LogP contribution in [0.5, 0.6) is 5.88 Å². The summed E-state index contributed by atoms with van der Waals surface area (Å²) in [6.45, 7) is 13.7. The summed E-state index contributed by atoms with van der Waals surface area (Å²) >= 11 is 0. The van der Waals surface area contributed by atoms with E-state index in [4.69, 9.17) is 9.41 Å². The molecule has 1 aromatic rings. The molecule has 1 heterocycles. The number of carbonyl (C=O) groups is 1. The van der Waals surface area contributed by atoms with E-state index in [1.807, 2.05) is 6.07 Å². The zero-order chi connectivity index (χ0) is 17.2. The molecule has 3 nitrogen and oxygen atoms in total. The summed E-state index contributed by atoms with van der Waals surface area (Å²) in [5.41, 5.74) is 3.75. The van der Waals surface area contributed by atoms with E-state index in [1.54, 1.807) is 0 Å². The van der Waals surface area contributed by atoms with Gasteiger partial charge in [-0.1, -0.05) is 47.6 Å². The maximum atomic E-state index is 11.8. The summed E-state index contributed by atoms with van der Waals surface area (Å²) in [6.07, 6.45) is 3.00. The normalized spacial score (nSPS) is 16.0. The lowest BCUT2D eigenvalue weighted by molar-refractivity contribution is -0.118. The second-order valence-corrected chi connectivity index (χ2v) is 13.1. The van der Waals surface area contributed by atoms with Crippen LogP contribution in [0.4, 0.5) is 0 Å². The van der Waals surface area contributed by atoms with Crippen LogP contribution in [0.2, 0.25) is 16.6 Å². The predicted molar refractivity (Wildman–Crippen MR) is 97.6 cm³/mol. The number of Topliss-reactive ketones (excluding diaryl/α,β-unsaturated/α-hetero) is 1. The van der Waals surface area contributed by atoms with Crippen molar-refractivity contribution in [3.63, 3.8) is 0 Å². The van der Waals surface area contributed by atoms with Gasteiger partial charge in [0.1, 0.15) is 5.78 Å². The van der Waals surface area contributed by atoms with Gasteiger partial charge in [-0.2, -0.15) is 0 Å². The molecule has 1 aromatic heterocycles. The molecule has 128 valence electrons. The van der Waals surface area contributed by atoms with Gasteiger partial charge in [0.2, 0.25) is 0 Å². The Kier molecular flexibility index (Phi) is 5.66. The van der Waals surface area contributed by atoms with Crippen molar-refractivity contribution in [2.24, 2.45) is 0 Å². The van der Waals surface area contributed by atoms with Crippen LogP contribution in [0.15, 0.2) is 12.1 Å². The number of rotatable bonds is 5. The molecule has 0 atom stereocenters. The fraction of sp³-hybridized carbons (Fsp3) is 0.684. The third-order valence-electron chi connectivity index (χ3n) is 5.29. The van der Waals surface area contributed by atoms with Crippen molar-refractivity contribution in [2.45, 2.75) is 83.8 Å². The Morgan fingerprint density at radius 2 is 1.61 bits per heavy atom. The van der Waals surface area contributed by atoms with Gasteiger partial charge < -0.3 is 4.43 Å². The number of carbonyl (C=O) groups excluding carboxylic acids is 1. The molecule has 0 radical (unpaired) electrons. The number of ketones is 1. The molecule has 0 saturated heterocycles. The first-order valence-electron chi connectivity index (χ1n) is 8.96. The monoisotopic (exact) mass is 333 g/mol. The summed E-state index contributed by atoms with van der Waals surface area (Å²) in [6, 6.07) is 4.04. The van der Waals surface area contributed by atoms with Crippen LogP contribution >= 0.6 is 0 Å². The first-order chi connectivity index (χ1) is 10.8. The van der Waals surface area contributed by atoms with Crippen molar-refractivity contribution >= 4 is 14.1 Å². The van der Waals surface area contributed by atoms with E-state index in [1.165, 1.54) is 0 Å². The Bertz CT molecular complexity index is 545. The molecular formula is C19H31NO2Si. The number of aromatic nitrogens is 1. The van der Waals surface area contributed by atoms with Gasteiger partial charge in [-0.3, -0.25) is 4.79 Å². The molecule has 0 fully saturated rings. The Hall–Kier alpha value is -1.16. The van der Waals surface area contributed by atoms with Gasteiger partial charge in [0.25, 0.3) is 8.32 Å². The van der Waals surface area contributed by atoms with Crippen molar-refractivity contribution in [3.8, 4) is 5.88 Å². The lowest BCUT2D eigenvalue weighted by Crippen LogP contribution is -2.50. The molecule has 23 heavy (non-hydrogen) atoms. The van der Waals surface area contributed by atoms with Crippen molar-refractivity contribution in [3.05, 3.63) is 23.4 Å². The zero-order valence-electron chi connectivity index (χ0n) is 15.5. The summed E-state index contributed by atoms with van der Waals surface area (Å²) in [4.78, 5) is 16.6. The SMILES string of the molecule is CC(C)[Si](Oc1ccc2c(n1)CCCC(=O)C2)(C(C)C)C(C)C. The van der Waals surface area contributed by atoms with Crippen LogP contribution in [0.1, 0.15) is 65.6 Å². The van der Waals surface area contributed by atoms with Gasteiger partial charge >= 0.3 is 0 Å². The van der Waals surface area contributed by atoms with E-state index in [0.29, 0.717) is 35.2 Å². The van der Waals surface area contributed by atoms with Crippen molar-refractivity contribution in [2.75, 3.05) is 0 Å². The second kappa shape index (κ2) is 7.16. The Labute approximate surface area is 142 Å². The summed E-state index contributed by atoms with van der Waals surface area (Å²) in [5.74, 6) is 1.09. The Morgan fingerprint density at radius 3 is 2.17 bits per heavy atom. The summed E-state index contributed by atoms with van der Waals surface area (Å²) < 4.78 is 6.66. The van der Waals surface area contributed by atoms with Gasteiger partial charge in [0.15, 0.2) is 5.88 Å². The molecule has 0 unspecified atom stereocenters. The lowest BCUT2D eigenvalue weighted by atomic mass is 10.1. The smallest absolute Gasteiger partial charge is 0.260 e. The van der Waals surface area contributed by atoms with Gasteiger partial charge in [-0.15, -0.1) is 0 Å². The van der Waals surface area contributed by atoms with Crippen LogP contribution in [0.25, 0.3) is 0 Å². The number of aryl methyl sites for hydroxylation is 1. The molecule has 1 aliphatic carbocycles. The first-order valence-corrected chi connectivity index (χ1v) is 11.1. The lowest BCUT2D eigenvalue weighted by Gasteiger charge is -2.41. The van der Waals surface area contributed by atoms with E-state index in [9.17, 15) is 4.79 Å². The van der Waals surface area contributed by atoms with E-state index in [2.05, 4.69) is 47.6 Å². The number of fused-ring (bicyclic) bond motifs is 1. The highest BCUT2D eigenvalue weighted by molar-refractivity contribution is 6.78. The highest BCUT2D eigenvalue weighted by Gasteiger charge is 2.47. The third kappa shape index (κ3) is 3.68. The topological polar surface area (TPSA) is 39.2 Å². The minimum Gasteiger partial charge on any atom is -0.530 e. The summed E-state index contributed by atoms with van der Waals surface area (Å²) in [7, 11) is -1.97. The number of nitrogens with zero attached hydrogens (tertiary/aromatic N) is 1. The second-order valence-electron chi connectivity index (χ2n) is 7.74. The first kappa shape index (κ1) is 18.2. The number of hydrogen-bond acceptors (Lipinski definition) is 3.